The quantitative estimate of drug-likeness (QED) is 0.882. The van der Waals surface area contributed by atoms with Crippen molar-refractivity contribution in [3.8, 4) is 0 Å². The number of amides is 1. The van der Waals surface area contributed by atoms with Gasteiger partial charge >= 0.3 is 0 Å². The van der Waals surface area contributed by atoms with Gasteiger partial charge < -0.3 is 5.32 Å². The van der Waals surface area contributed by atoms with Crippen LogP contribution in [-0.2, 0) is 0 Å². The molecule has 0 spiro atoms. The van der Waals surface area contributed by atoms with Crippen LogP contribution < -0.4 is 5.32 Å². The molecule has 0 saturated heterocycles. The van der Waals surface area contributed by atoms with Gasteiger partial charge in [-0.3, -0.25) is 4.79 Å². The number of aryl methyl sites for hydroxylation is 4. The molecule has 1 heterocycles. The molecule has 0 aliphatic heterocycles. The van der Waals surface area contributed by atoms with Crippen LogP contribution in [0.25, 0.3) is 0 Å². The molecular weight excluding hydrogens is 324 g/mol. The molecule has 0 radical (unpaired) electrons. The molecule has 5 heteroatoms. The fraction of sp³-hybridized carbons (Fsp3) is 0.286. The van der Waals surface area contributed by atoms with Crippen molar-refractivity contribution in [3.63, 3.8) is 0 Å². The number of hydrogen-bond acceptors (Lipinski definition) is 3. The van der Waals surface area contributed by atoms with Crippen molar-refractivity contribution in [1.82, 2.24) is 4.98 Å². The minimum absolute atomic E-state index is 0.101. The Labute approximate surface area is 125 Å². The molecule has 0 fully saturated rings. The SMILES string of the molecule is Cc1cc(C)c(NC(=O)c2sc(C)nc2C)c(Br)c1. The largest absolute Gasteiger partial charge is 0.320 e. The minimum atomic E-state index is -0.101. The normalized spacial score (nSPS) is 10.6. The van der Waals surface area contributed by atoms with Crippen LogP contribution in [0.5, 0.6) is 0 Å². The Morgan fingerprint density at radius 2 is 1.95 bits per heavy atom. The van der Waals surface area contributed by atoms with Gasteiger partial charge in [0.1, 0.15) is 4.88 Å². The van der Waals surface area contributed by atoms with E-state index in [0.717, 1.165) is 32.0 Å². The third-order valence-corrected chi connectivity index (χ3v) is 4.48. The van der Waals surface area contributed by atoms with Crippen molar-refractivity contribution < 1.29 is 4.79 Å². The summed E-state index contributed by atoms with van der Waals surface area (Å²) in [4.78, 5) is 17.2. The number of aromatic nitrogens is 1. The van der Waals surface area contributed by atoms with Crippen LogP contribution in [0.15, 0.2) is 16.6 Å². The van der Waals surface area contributed by atoms with E-state index in [1.807, 2.05) is 39.8 Å². The average molecular weight is 339 g/mol. The monoisotopic (exact) mass is 338 g/mol. The van der Waals surface area contributed by atoms with Crippen molar-refractivity contribution in [3.05, 3.63) is 43.3 Å². The van der Waals surface area contributed by atoms with Gasteiger partial charge in [-0.2, -0.15) is 0 Å². The van der Waals surface area contributed by atoms with Crippen LogP contribution in [0.3, 0.4) is 0 Å². The van der Waals surface area contributed by atoms with Gasteiger partial charge in [0, 0.05) is 4.47 Å². The zero-order chi connectivity index (χ0) is 14.2. The van der Waals surface area contributed by atoms with Crippen molar-refractivity contribution in [2.24, 2.45) is 0 Å². The van der Waals surface area contributed by atoms with Crippen molar-refractivity contribution in [1.29, 1.82) is 0 Å². The average Bonchev–Trinajstić information content (AvgIpc) is 2.62. The summed E-state index contributed by atoms with van der Waals surface area (Å²) < 4.78 is 0.900. The van der Waals surface area contributed by atoms with Crippen molar-refractivity contribution >= 4 is 38.9 Å². The van der Waals surface area contributed by atoms with Crippen LogP contribution in [0, 0.1) is 27.7 Å². The predicted molar refractivity (Wildman–Crippen MR) is 83.2 cm³/mol. The summed E-state index contributed by atoms with van der Waals surface area (Å²) in [6.45, 7) is 7.77. The van der Waals surface area contributed by atoms with E-state index in [-0.39, 0.29) is 5.91 Å². The highest BCUT2D eigenvalue weighted by Gasteiger charge is 2.16. The highest BCUT2D eigenvalue weighted by atomic mass is 79.9. The third kappa shape index (κ3) is 3.04. The Bertz CT molecular complexity index is 626. The van der Waals surface area contributed by atoms with Gasteiger partial charge in [0.05, 0.1) is 16.4 Å². The highest BCUT2D eigenvalue weighted by Crippen LogP contribution is 2.29. The first kappa shape index (κ1) is 14.2. The lowest BCUT2D eigenvalue weighted by Crippen LogP contribution is -2.13. The Kier molecular flexibility index (Phi) is 4.06. The van der Waals surface area contributed by atoms with E-state index in [1.54, 1.807) is 0 Å². The number of thiazole rings is 1. The second-order valence-corrected chi connectivity index (χ2v) is 6.60. The maximum atomic E-state index is 12.3. The zero-order valence-electron chi connectivity index (χ0n) is 11.3. The predicted octanol–water partition coefficient (Wildman–Crippen LogP) is 4.39. The number of hydrogen-bond donors (Lipinski definition) is 1. The summed E-state index contributed by atoms with van der Waals surface area (Å²) in [5, 5.41) is 3.87. The number of benzene rings is 1. The first-order chi connectivity index (χ1) is 8.88. The van der Waals surface area contributed by atoms with Crippen molar-refractivity contribution in [2.75, 3.05) is 5.32 Å². The van der Waals surface area contributed by atoms with Crippen LogP contribution in [0.1, 0.15) is 31.5 Å². The number of nitrogens with one attached hydrogen (secondary N) is 1. The van der Waals surface area contributed by atoms with E-state index in [1.165, 1.54) is 11.3 Å². The Hall–Kier alpha value is -1.20. The molecule has 1 aromatic heterocycles. The van der Waals surface area contributed by atoms with Crippen LogP contribution in [0.2, 0.25) is 0 Å². The summed E-state index contributed by atoms with van der Waals surface area (Å²) >= 11 is 4.91. The van der Waals surface area contributed by atoms with E-state index in [2.05, 4.69) is 26.2 Å². The van der Waals surface area contributed by atoms with Gasteiger partial charge in [0.2, 0.25) is 0 Å². The standard InChI is InChI=1S/C14H15BrN2OS/c1-7-5-8(2)12(11(15)6-7)17-14(18)13-9(3)16-10(4)19-13/h5-6H,1-4H3,(H,17,18). The Morgan fingerprint density at radius 3 is 2.47 bits per heavy atom. The second-order valence-electron chi connectivity index (χ2n) is 4.54. The van der Waals surface area contributed by atoms with E-state index in [9.17, 15) is 4.79 Å². The number of halogens is 1. The van der Waals surface area contributed by atoms with Crippen LogP contribution >= 0.6 is 27.3 Å². The van der Waals surface area contributed by atoms with Crippen LogP contribution in [0.4, 0.5) is 5.69 Å². The molecule has 100 valence electrons. The molecule has 0 saturated carbocycles. The molecule has 1 amide bonds. The smallest absolute Gasteiger partial charge is 0.267 e. The number of carbonyl (C=O) groups is 1. The molecule has 1 N–H and O–H groups in total. The van der Waals surface area contributed by atoms with E-state index in [0.29, 0.717) is 4.88 Å². The molecule has 0 atom stereocenters. The first-order valence-corrected chi connectivity index (χ1v) is 7.51. The molecule has 19 heavy (non-hydrogen) atoms. The number of anilines is 1. The lowest BCUT2D eigenvalue weighted by atomic mass is 10.1. The number of nitrogens with zero attached hydrogens (tertiary/aromatic N) is 1. The minimum Gasteiger partial charge on any atom is -0.320 e. The highest BCUT2D eigenvalue weighted by molar-refractivity contribution is 9.10. The number of rotatable bonds is 2. The molecule has 0 bridgehead atoms. The molecular formula is C14H15BrN2OS. The number of carbonyl (C=O) groups excluding carboxylic acids is 1. The fourth-order valence-corrected chi connectivity index (χ4v) is 3.57. The molecule has 0 aliphatic carbocycles. The summed E-state index contributed by atoms with van der Waals surface area (Å²) in [5.41, 5.74) is 3.80. The maximum absolute atomic E-state index is 12.3. The van der Waals surface area contributed by atoms with Gasteiger partial charge in [-0.25, -0.2) is 4.98 Å². The lowest BCUT2D eigenvalue weighted by molar-refractivity contribution is 0.102. The molecule has 2 aromatic rings. The summed E-state index contributed by atoms with van der Waals surface area (Å²) in [7, 11) is 0. The summed E-state index contributed by atoms with van der Waals surface area (Å²) in [6, 6.07) is 4.04. The van der Waals surface area contributed by atoms with Gasteiger partial charge in [-0.15, -0.1) is 11.3 Å². The second kappa shape index (κ2) is 5.43. The zero-order valence-corrected chi connectivity index (χ0v) is 13.7. The van der Waals surface area contributed by atoms with E-state index in [4.69, 9.17) is 0 Å². The molecule has 0 unspecified atom stereocenters. The molecule has 3 nitrogen and oxygen atoms in total. The van der Waals surface area contributed by atoms with E-state index >= 15 is 0 Å². The summed E-state index contributed by atoms with van der Waals surface area (Å²) in [6.07, 6.45) is 0. The topological polar surface area (TPSA) is 42.0 Å². The third-order valence-electron chi connectivity index (χ3n) is 2.78. The van der Waals surface area contributed by atoms with Gasteiger partial charge in [-0.1, -0.05) is 6.07 Å². The van der Waals surface area contributed by atoms with Crippen LogP contribution in [-0.4, -0.2) is 10.9 Å². The van der Waals surface area contributed by atoms with Gasteiger partial charge in [-0.05, 0) is 60.8 Å². The Balaban J connectivity index is 2.32. The maximum Gasteiger partial charge on any atom is 0.267 e. The van der Waals surface area contributed by atoms with Gasteiger partial charge in [0.25, 0.3) is 5.91 Å². The van der Waals surface area contributed by atoms with Crippen molar-refractivity contribution in [2.45, 2.75) is 27.7 Å². The lowest BCUT2D eigenvalue weighted by Gasteiger charge is -2.11. The van der Waals surface area contributed by atoms with Gasteiger partial charge in [0.15, 0.2) is 0 Å². The summed E-state index contributed by atoms with van der Waals surface area (Å²) in [5.74, 6) is -0.101. The van der Waals surface area contributed by atoms with E-state index < -0.39 is 0 Å². The Morgan fingerprint density at radius 1 is 1.26 bits per heavy atom. The first-order valence-electron chi connectivity index (χ1n) is 5.90. The molecule has 0 aliphatic rings. The fourth-order valence-electron chi connectivity index (χ4n) is 1.99. The molecule has 2 rings (SSSR count). The molecule has 1 aromatic carbocycles.